The molecule has 0 aromatic heterocycles. The second kappa shape index (κ2) is 9.73. The minimum atomic E-state index is -0.0827. The van der Waals surface area contributed by atoms with Gasteiger partial charge in [-0.25, -0.2) is 0 Å². The number of likely N-dealkylation sites (N-methyl/N-ethyl adjacent to an activating group) is 1. The molecule has 0 aliphatic rings. The van der Waals surface area contributed by atoms with Gasteiger partial charge in [0.1, 0.15) is 0 Å². The quantitative estimate of drug-likeness (QED) is 0.644. The lowest BCUT2D eigenvalue weighted by molar-refractivity contribution is -0.140. The second-order valence-corrected chi connectivity index (χ2v) is 6.30. The maximum Gasteiger partial charge on any atom is 0.241 e. The first-order chi connectivity index (χ1) is 9.73. The molecular formula is C15H31N3O3. The summed E-state index contributed by atoms with van der Waals surface area (Å²) >= 11 is 0. The fourth-order valence-corrected chi connectivity index (χ4v) is 1.92. The van der Waals surface area contributed by atoms with Gasteiger partial charge in [0, 0.05) is 34.2 Å². The molecule has 0 aliphatic heterocycles. The van der Waals surface area contributed by atoms with Crippen molar-refractivity contribution in [2.45, 2.75) is 33.1 Å². The van der Waals surface area contributed by atoms with Crippen molar-refractivity contribution < 1.29 is 14.3 Å². The highest BCUT2D eigenvalue weighted by molar-refractivity contribution is 5.84. The normalized spacial score (nSPS) is 11.3. The van der Waals surface area contributed by atoms with Crippen LogP contribution < -0.4 is 5.73 Å². The van der Waals surface area contributed by atoms with Crippen molar-refractivity contribution in [3.8, 4) is 0 Å². The maximum absolute atomic E-state index is 12.3. The Kier molecular flexibility index (Phi) is 9.21. The molecule has 124 valence electrons. The molecule has 0 atom stereocenters. The Morgan fingerprint density at radius 2 is 1.76 bits per heavy atom. The first kappa shape index (κ1) is 19.9. The summed E-state index contributed by atoms with van der Waals surface area (Å²) < 4.78 is 5.01. The number of carbonyl (C=O) groups excluding carboxylic acids is 2. The lowest BCUT2D eigenvalue weighted by Gasteiger charge is -2.27. The van der Waals surface area contributed by atoms with Gasteiger partial charge in [-0.05, 0) is 24.8 Å². The molecule has 0 aromatic carbocycles. The molecule has 0 rings (SSSR count). The van der Waals surface area contributed by atoms with Crippen LogP contribution in [0.15, 0.2) is 0 Å². The fraction of sp³-hybridized carbons (Fsp3) is 0.867. The largest absolute Gasteiger partial charge is 0.383 e. The average molecular weight is 301 g/mol. The Balaban J connectivity index is 4.53. The van der Waals surface area contributed by atoms with E-state index in [4.69, 9.17) is 10.5 Å². The second-order valence-electron chi connectivity index (χ2n) is 6.30. The Morgan fingerprint density at radius 3 is 2.24 bits per heavy atom. The summed E-state index contributed by atoms with van der Waals surface area (Å²) in [5, 5.41) is 0. The first-order valence-corrected chi connectivity index (χ1v) is 7.40. The van der Waals surface area contributed by atoms with Crippen molar-refractivity contribution in [1.29, 1.82) is 0 Å². The molecule has 2 amide bonds. The summed E-state index contributed by atoms with van der Waals surface area (Å²) in [5.41, 5.74) is 5.63. The van der Waals surface area contributed by atoms with E-state index in [1.807, 2.05) is 0 Å². The Labute approximate surface area is 128 Å². The third kappa shape index (κ3) is 8.67. The van der Waals surface area contributed by atoms with Gasteiger partial charge >= 0.3 is 0 Å². The van der Waals surface area contributed by atoms with Crippen molar-refractivity contribution in [3.63, 3.8) is 0 Å². The van der Waals surface area contributed by atoms with E-state index in [0.29, 0.717) is 26.1 Å². The van der Waals surface area contributed by atoms with E-state index < -0.39 is 0 Å². The topological polar surface area (TPSA) is 75.9 Å². The number of hydrogen-bond acceptors (Lipinski definition) is 4. The van der Waals surface area contributed by atoms with Gasteiger partial charge < -0.3 is 20.3 Å². The van der Waals surface area contributed by atoms with Crippen LogP contribution in [0.3, 0.4) is 0 Å². The van der Waals surface area contributed by atoms with Gasteiger partial charge in [0.15, 0.2) is 0 Å². The summed E-state index contributed by atoms with van der Waals surface area (Å²) in [6.45, 7) is 5.81. The standard InChI is InChI=1S/C15H31N3O3/c1-15(2,8-9-16)7-6-13(19)18(10-11-21-5)12-14(20)17(3)4/h6-12,16H2,1-5H3. The molecule has 21 heavy (non-hydrogen) atoms. The number of rotatable bonds is 10. The number of ether oxygens (including phenoxy) is 1. The molecule has 0 aromatic rings. The lowest BCUT2D eigenvalue weighted by atomic mass is 9.84. The number of hydrogen-bond donors (Lipinski definition) is 1. The number of methoxy groups -OCH3 is 1. The van der Waals surface area contributed by atoms with E-state index in [9.17, 15) is 9.59 Å². The molecule has 0 heterocycles. The summed E-state index contributed by atoms with van der Waals surface area (Å²) in [6, 6.07) is 0. The zero-order valence-corrected chi connectivity index (χ0v) is 14.1. The summed E-state index contributed by atoms with van der Waals surface area (Å²) in [6.07, 6.45) is 2.08. The van der Waals surface area contributed by atoms with Crippen molar-refractivity contribution in [2.75, 3.05) is 47.4 Å². The van der Waals surface area contributed by atoms with Crippen molar-refractivity contribution in [3.05, 3.63) is 0 Å². The summed E-state index contributed by atoms with van der Waals surface area (Å²) in [7, 11) is 4.96. The van der Waals surface area contributed by atoms with Crippen LogP contribution in [0.5, 0.6) is 0 Å². The maximum atomic E-state index is 12.3. The Bertz CT molecular complexity index is 330. The van der Waals surface area contributed by atoms with Crippen LogP contribution in [-0.4, -0.2) is 69.1 Å². The molecule has 6 heteroatoms. The van der Waals surface area contributed by atoms with E-state index >= 15 is 0 Å². The highest BCUT2D eigenvalue weighted by Crippen LogP contribution is 2.26. The molecule has 0 radical (unpaired) electrons. The monoisotopic (exact) mass is 301 g/mol. The van der Waals surface area contributed by atoms with Gasteiger partial charge in [0.2, 0.25) is 11.8 Å². The van der Waals surface area contributed by atoms with Crippen molar-refractivity contribution >= 4 is 11.8 Å². The zero-order valence-electron chi connectivity index (χ0n) is 14.1. The third-order valence-corrected chi connectivity index (χ3v) is 3.58. The Morgan fingerprint density at radius 1 is 1.14 bits per heavy atom. The van der Waals surface area contributed by atoms with E-state index in [1.54, 1.807) is 26.1 Å². The van der Waals surface area contributed by atoms with Crippen LogP contribution >= 0.6 is 0 Å². The molecule has 0 aliphatic carbocycles. The Hall–Kier alpha value is -1.14. The third-order valence-electron chi connectivity index (χ3n) is 3.58. The fourth-order valence-electron chi connectivity index (χ4n) is 1.92. The molecule has 0 saturated carbocycles. The van der Waals surface area contributed by atoms with Gasteiger partial charge in [-0.3, -0.25) is 9.59 Å². The number of nitrogens with zero attached hydrogens (tertiary/aromatic N) is 2. The van der Waals surface area contributed by atoms with E-state index in [1.165, 1.54) is 4.90 Å². The summed E-state index contributed by atoms with van der Waals surface area (Å²) in [4.78, 5) is 27.2. The molecule has 2 N–H and O–H groups in total. The van der Waals surface area contributed by atoms with Crippen LogP contribution in [0.4, 0.5) is 0 Å². The van der Waals surface area contributed by atoms with Gasteiger partial charge in [-0.2, -0.15) is 0 Å². The van der Waals surface area contributed by atoms with Gasteiger partial charge in [-0.15, -0.1) is 0 Å². The van der Waals surface area contributed by atoms with Crippen LogP contribution in [0.1, 0.15) is 33.1 Å². The average Bonchev–Trinajstić information content (AvgIpc) is 2.40. The van der Waals surface area contributed by atoms with Crippen LogP contribution in [0, 0.1) is 5.41 Å². The van der Waals surface area contributed by atoms with E-state index in [0.717, 1.165) is 12.8 Å². The summed E-state index contributed by atoms with van der Waals surface area (Å²) in [5.74, 6) is -0.0898. The van der Waals surface area contributed by atoms with E-state index in [2.05, 4.69) is 13.8 Å². The number of carbonyl (C=O) groups is 2. The van der Waals surface area contributed by atoms with Gasteiger partial charge in [-0.1, -0.05) is 13.8 Å². The van der Waals surface area contributed by atoms with Crippen LogP contribution in [-0.2, 0) is 14.3 Å². The predicted molar refractivity (Wildman–Crippen MR) is 83.8 cm³/mol. The predicted octanol–water partition coefficient (Wildman–Crippen LogP) is 0.705. The molecule has 0 fully saturated rings. The van der Waals surface area contributed by atoms with Crippen molar-refractivity contribution in [1.82, 2.24) is 9.80 Å². The minimum Gasteiger partial charge on any atom is -0.383 e. The van der Waals surface area contributed by atoms with Gasteiger partial charge in [0.25, 0.3) is 0 Å². The smallest absolute Gasteiger partial charge is 0.241 e. The molecule has 0 unspecified atom stereocenters. The van der Waals surface area contributed by atoms with Crippen molar-refractivity contribution in [2.24, 2.45) is 11.1 Å². The first-order valence-electron chi connectivity index (χ1n) is 7.40. The SMILES string of the molecule is COCCN(CC(=O)N(C)C)C(=O)CCC(C)(C)CCN. The molecule has 6 nitrogen and oxygen atoms in total. The highest BCUT2D eigenvalue weighted by Gasteiger charge is 2.22. The number of nitrogens with two attached hydrogens (primary N) is 1. The lowest BCUT2D eigenvalue weighted by Crippen LogP contribution is -2.42. The van der Waals surface area contributed by atoms with Crippen LogP contribution in [0.2, 0.25) is 0 Å². The zero-order chi connectivity index (χ0) is 16.5. The minimum absolute atomic E-state index is 0.00709. The van der Waals surface area contributed by atoms with E-state index in [-0.39, 0.29) is 23.8 Å². The van der Waals surface area contributed by atoms with Gasteiger partial charge in [0.05, 0.1) is 13.2 Å². The molecule has 0 saturated heterocycles. The molecular weight excluding hydrogens is 270 g/mol. The molecule has 0 spiro atoms. The highest BCUT2D eigenvalue weighted by atomic mass is 16.5. The van der Waals surface area contributed by atoms with Crippen LogP contribution in [0.25, 0.3) is 0 Å². The number of amides is 2. The molecule has 0 bridgehead atoms.